The van der Waals surface area contributed by atoms with Crippen LogP contribution < -0.4 is 10.6 Å². The molecule has 32 heavy (non-hydrogen) atoms. The minimum absolute atomic E-state index is 0.175. The summed E-state index contributed by atoms with van der Waals surface area (Å²) < 4.78 is 0. The number of carbonyl (C=O) groups excluding carboxylic acids is 3. The second-order valence-corrected chi connectivity index (χ2v) is 8.37. The molecule has 3 aromatic rings. The number of benzene rings is 3. The predicted molar refractivity (Wildman–Crippen MR) is 121 cm³/mol. The van der Waals surface area contributed by atoms with Crippen molar-refractivity contribution in [2.24, 2.45) is 0 Å². The van der Waals surface area contributed by atoms with Crippen molar-refractivity contribution in [3.8, 4) is 0 Å². The number of para-hydroxylation sites is 1. The molecule has 1 unspecified atom stereocenters. The SMILES string of the molecule is O=C(Nc1ccccc1)c1ccc(CN2C(=O)NC3(CCc4ccccc4C3)C2=O)cc1. The van der Waals surface area contributed by atoms with Gasteiger partial charge in [-0.2, -0.15) is 0 Å². The van der Waals surface area contributed by atoms with Crippen LogP contribution in [0.4, 0.5) is 10.5 Å². The van der Waals surface area contributed by atoms with Gasteiger partial charge < -0.3 is 10.6 Å². The Balaban J connectivity index is 1.28. The van der Waals surface area contributed by atoms with Gasteiger partial charge in [-0.1, -0.05) is 54.6 Å². The number of amides is 4. The number of aryl methyl sites for hydroxylation is 1. The lowest BCUT2D eigenvalue weighted by molar-refractivity contribution is -0.132. The fraction of sp³-hybridized carbons (Fsp3) is 0.192. The van der Waals surface area contributed by atoms with Crippen molar-refractivity contribution in [2.75, 3.05) is 5.32 Å². The highest BCUT2D eigenvalue weighted by atomic mass is 16.2. The Kier molecular flexibility index (Phi) is 4.98. The summed E-state index contributed by atoms with van der Waals surface area (Å²) in [4.78, 5) is 39.7. The summed E-state index contributed by atoms with van der Waals surface area (Å²) in [6.45, 7) is 0.175. The zero-order valence-corrected chi connectivity index (χ0v) is 17.5. The van der Waals surface area contributed by atoms with Gasteiger partial charge in [0.15, 0.2) is 0 Å². The summed E-state index contributed by atoms with van der Waals surface area (Å²) in [6, 6.07) is 23.9. The van der Waals surface area contributed by atoms with Gasteiger partial charge >= 0.3 is 6.03 Å². The monoisotopic (exact) mass is 425 g/mol. The minimum Gasteiger partial charge on any atom is -0.323 e. The highest BCUT2D eigenvalue weighted by Gasteiger charge is 2.52. The van der Waals surface area contributed by atoms with Crippen LogP contribution in [0.5, 0.6) is 0 Å². The zero-order valence-electron chi connectivity index (χ0n) is 17.5. The lowest BCUT2D eigenvalue weighted by Crippen LogP contribution is -2.51. The third-order valence-corrected chi connectivity index (χ3v) is 6.27. The van der Waals surface area contributed by atoms with Gasteiger partial charge in [0.1, 0.15) is 5.54 Å². The van der Waals surface area contributed by atoms with Gasteiger partial charge in [0.2, 0.25) is 0 Å². The largest absolute Gasteiger partial charge is 0.325 e. The van der Waals surface area contributed by atoms with Crippen LogP contribution in [-0.2, 0) is 24.2 Å². The predicted octanol–water partition coefficient (Wildman–Crippen LogP) is 3.92. The third kappa shape index (κ3) is 3.64. The van der Waals surface area contributed by atoms with Gasteiger partial charge in [0.25, 0.3) is 11.8 Å². The Morgan fingerprint density at radius 3 is 2.34 bits per heavy atom. The van der Waals surface area contributed by atoms with Gasteiger partial charge in [-0.25, -0.2) is 4.79 Å². The number of nitrogens with zero attached hydrogens (tertiary/aromatic N) is 1. The van der Waals surface area contributed by atoms with E-state index in [1.807, 2.05) is 48.5 Å². The highest BCUT2D eigenvalue weighted by molar-refractivity contribution is 6.07. The molecule has 6 nitrogen and oxygen atoms in total. The maximum absolute atomic E-state index is 13.3. The summed E-state index contributed by atoms with van der Waals surface area (Å²) in [6.07, 6.45) is 1.88. The third-order valence-electron chi connectivity index (χ3n) is 6.27. The number of hydrogen-bond acceptors (Lipinski definition) is 3. The quantitative estimate of drug-likeness (QED) is 0.622. The summed E-state index contributed by atoms with van der Waals surface area (Å²) in [5, 5.41) is 5.80. The molecular weight excluding hydrogens is 402 g/mol. The summed E-state index contributed by atoms with van der Waals surface area (Å²) in [5.41, 5.74) is 3.51. The maximum atomic E-state index is 13.3. The van der Waals surface area contributed by atoms with Gasteiger partial charge in [-0.15, -0.1) is 0 Å². The van der Waals surface area contributed by atoms with Gasteiger partial charge in [-0.05, 0) is 53.8 Å². The van der Waals surface area contributed by atoms with Gasteiger partial charge in [0.05, 0.1) is 6.54 Å². The molecule has 1 fully saturated rings. The fourth-order valence-electron chi connectivity index (χ4n) is 4.51. The molecule has 2 aliphatic rings. The normalized spacial score (nSPS) is 19.6. The maximum Gasteiger partial charge on any atom is 0.325 e. The molecule has 1 heterocycles. The number of rotatable bonds is 4. The molecule has 5 rings (SSSR count). The molecule has 1 atom stereocenters. The van der Waals surface area contributed by atoms with Gasteiger partial charge in [0, 0.05) is 17.7 Å². The summed E-state index contributed by atoms with van der Waals surface area (Å²) >= 11 is 0. The number of fused-ring (bicyclic) bond motifs is 1. The van der Waals surface area contributed by atoms with Crippen molar-refractivity contribution < 1.29 is 14.4 Å². The first-order valence-electron chi connectivity index (χ1n) is 10.7. The van der Waals surface area contributed by atoms with Crippen molar-refractivity contribution in [1.29, 1.82) is 0 Å². The second-order valence-electron chi connectivity index (χ2n) is 8.37. The molecule has 1 saturated heterocycles. The van der Waals surface area contributed by atoms with E-state index in [9.17, 15) is 14.4 Å². The highest BCUT2D eigenvalue weighted by Crippen LogP contribution is 2.34. The van der Waals surface area contributed by atoms with Crippen LogP contribution in [0.3, 0.4) is 0 Å². The topological polar surface area (TPSA) is 78.5 Å². The molecule has 1 spiro atoms. The first-order valence-corrected chi connectivity index (χ1v) is 10.7. The zero-order chi connectivity index (χ0) is 22.1. The lowest BCUT2D eigenvalue weighted by atomic mass is 9.78. The smallest absolute Gasteiger partial charge is 0.323 e. The molecule has 1 aliphatic carbocycles. The van der Waals surface area contributed by atoms with E-state index in [2.05, 4.69) is 16.7 Å². The molecule has 6 heteroatoms. The van der Waals surface area contributed by atoms with E-state index in [0.29, 0.717) is 18.4 Å². The average Bonchev–Trinajstić information content (AvgIpc) is 3.04. The fourth-order valence-corrected chi connectivity index (χ4v) is 4.51. The Hall–Kier alpha value is -3.93. The molecule has 2 N–H and O–H groups in total. The van der Waals surface area contributed by atoms with E-state index in [4.69, 9.17) is 0 Å². The van der Waals surface area contributed by atoms with E-state index in [0.717, 1.165) is 23.2 Å². The minimum atomic E-state index is -0.860. The number of carbonyl (C=O) groups is 3. The molecule has 4 amide bonds. The number of imide groups is 1. The Morgan fingerprint density at radius 2 is 1.59 bits per heavy atom. The lowest BCUT2D eigenvalue weighted by Gasteiger charge is -2.32. The van der Waals surface area contributed by atoms with E-state index in [-0.39, 0.29) is 24.4 Å². The number of hydrogen-bond donors (Lipinski definition) is 2. The van der Waals surface area contributed by atoms with Crippen LogP contribution in [-0.4, -0.2) is 28.3 Å². The summed E-state index contributed by atoms with van der Waals surface area (Å²) in [7, 11) is 0. The molecule has 160 valence electrons. The number of urea groups is 1. The standard InChI is InChI=1S/C26H23N3O3/c30-23(27-22-8-2-1-3-9-22)20-12-10-18(11-13-20)17-29-24(31)26(28-25(29)32)15-14-19-6-4-5-7-21(19)16-26/h1-13H,14-17H2,(H,27,30)(H,28,32). The molecule has 3 aromatic carbocycles. The first-order chi connectivity index (χ1) is 15.5. The van der Waals surface area contributed by atoms with Crippen LogP contribution in [0.1, 0.15) is 33.5 Å². The van der Waals surface area contributed by atoms with Crippen LogP contribution in [0.2, 0.25) is 0 Å². The average molecular weight is 425 g/mol. The van der Waals surface area contributed by atoms with E-state index in [1.54, 1.807) is 24.3 Å². The van der Waals surface area contributed by atoms with Crippen LogP contribution in [0.15, 0.2) is 78.9 Å². The van der Waals surface area contributed by atoms with Crippen molar-refractivity contribution in [1.82, 2.24) is 10.2 Å². The van der Waals surface area contributed by atoms with Crippen LogP contribution >= 0.6 is 0 Å². The number of nitrogens with one attached hydrogen (secondary N) is 2. The van der Waals surface area contributed by atoms with Crippen molar-refractivity contribution in [3.05, 3.63) is 101 Å². The first kappa shape index (κ1) is 20.0. The molecule has 0 aromatic heterocycles. The van der Waals surface area contributed by atoms with Crippen LogP contribution in [0, 0.1) is 0 Å². The molecule has 0 saturated carbocycles. The van der Waals surface area contributed by atoms with E-state index in [1.165, 1.54) is 10.5 Å². The van der Waals surface area contributed by atoms with Crippen molar-refractivity contribution in [3.63, 3.8) is 0 Å². The molecule has 1 aliphatic heterocycles. The van der Waals surface area contributed by atoms with Crippen molar-refractivity contribution in [2.45, 2.75) is 31.3 Å². The Labute approximate surface area is 186 Å². The van der Waals surface area contributed by atoms with Crippen LogP contribution in [0.25, 0.3) is 0 Å². The summed E-state index contributed by atoms with van der Waals surface area (Å²) in [5.74, 6) is -0.388. The van der Waals surface area contributed by atoms with Crippen molar-refractivity contribution >= 4 is 23.5 Å². The molecular formula is C26H23N3O3. The van der Waals surface area contributed by atoms with E-state index < -0.39 is 5.54 Å². The van der Waals surface area contributed by atoms with Gasteiger partial charge in [-0.3, -0.25) is 14.5 Å². The van der Waals surface area contributed by atoms with E-state index >= 15 is 0 Å². The Bertz CT molecular complexity index is 1190. The number of anilines is 1. The molecule has 0 bridgehead atoms. The Morgan fingerprint density at radius 1 is 0.906 bits per heavy atom. The second kappa shape index (κ2) is 7.96. The molecule has 0 radical (unpaired) electrons.